The Morgan fingerprint density at radius 1 is 1.24 bits per heavy atom. The summed E-state index contributed by atoms with van der Waals surface area (Å²) in [6.07, 6.45) is 1.02. The number of halogens is 1. The van der Waals surface area contributed by atoms with Crippen molar-refractivity contribution in [3.05, 3.63) is 71.5 Å². The van der Waals surface area contributed by atoms with E-state index in [-0.39, 0.29) is 30.3 Å². The van der Waals surface area contributed by atoms with Gasteiger partial charge < -0.3 is 15.2 Å². The third-order valence-corrected chi connectivity index (χ3v) is 5.61. The average Bonchev–Trinajstić information content (AvgIpc) is 2.74. The van der Waals surface area contributed by atoms with Crippen LogP contribution in [0.5, 0.6) is 0 Å². The van der Waals surface area contributed by atoms with Crippen molar-refractivity contribution in [3.63, 3.8) is 0 Å². The van der Waals surface area contributed by atoms with Crippen LogP contribution in [0.2, 0.25) is 0 Å². The molecule has 1 saturated heterocycles. The minimum absolute atomic E-state index is 0.0808. The van der Waals surface area contributed by atoms with Gasteiger partial charge in [-0.25, -0.2) is 4.39 Å². The minimum atomic E-state index is -1.000. The van der Waals surface area contributed by atoms with E-state index in [1.165, 1.54) is 6.07 Å². The normalized spacial score (nSPS) is 24.0. The third kappa shape index (κ3) is 4.63. The lowest BCUT2D eigenvalue weighted by Crippen LogP contribution is -2.60. The topological polar surface area (TPSA) is 70.6 Å². The van der Waals surface area contributed by atoms with E-state index in [0.717, 1.165) is 6.42 Å². The first kappa shape index (κ1) is 21.4. The average molecular weight is 417 g/mol. The predicted molar refractivity (Wildman–Crippen MR) is 113 cm³/mol. The van der Waals surface area contributed by atoms with E-state index in [9.17, 15) is 14.3 Å². The number of benzene rings is 2. The largest absolute Gasteiger partial charge is 0.396 e. The van der Waals surface area contributed by atoms with Crippen molar-refractivity contribution < 1.29 is 19.0 Å². The monoisotopic (exact) mass is 416 g/mol. The number of carbonyl (C=O) groups is 1. The molecule has 3 rings (SSSR count). The maximum absolute atomic E-state index is 14.8. The van der Waals surface area contributed by atoms with Crippen LogP contribution in [0.1, 0.15) is 35.7 Å². The van der Waals surface area contributed by atoms with Gasteiger partial charge in [0.15, 0.2) is 5.11 Å². The van der Waals surface area contributed by atoms with Gasteiger partial charge in [0, 0.05) is 23.5 Å². The molecule has 1 amide bonds. The van der Waals surface area contributed by atoms with E-state index in [0.29, 0.717) is 17.5 Å². The number of nitrogens with one attached hydrogen (secondary N) is 2. The lowest BCUT2D eigenvalue weighted by Gasteiger charge is -2.47. The van der Waals surface area contributed by atoms with Crippen LogP contribution in [0, 0.1) is 11.7 Å². The molecule has 0 radical (unpaired) electrons. The Bertz CT molecular complexity index is 864. The van der Waals surface area contributed by atoms with Crippen LogP contribution >= 0.6 is 12.2 Å². The molecule has 29 heavy (non-hydrogen) atoms. The van der Waals surface area contributed by atoms with Crippen LogP contribution in [0.3, 0.4) is 0 Å². The molecule has 0 spiro atoms. The molecule has 2 aromatic carbocycles. The van der Waals surface area contributed by atoms with E-state index >= 15 is 0 Å². The number of aliphatic hydroxyl groups is 1. The van der Waals surface area contributed by atoms with Crippen molar-refractivity contribution in [1.82, 2.24) is 10.6 Å². The molecule has 1 heterocycles. The number of hydrogen-bond acceptors (Lipinski definition) is 4. The molecule has 0 aliphatic carbocycles. The summed E-state index contributed by atoms with van der Waals surface area (Å²) < 4.78 is 20.7. The second kappa shape index (κ2) is 9.43. The van der Waals surface area contributed by atoms with Crippen LogP contribution in [-0.2, 0) is 10.3 Å². The lowest BCUT2D eigenvalue weighted by atomic mass is 9.72. The Morgan fingerprint density at radius 2 is 1.93 bits per heavy atom. The van der Waals surface area contributed by atoms with Gasteiger partial charge in [-0.2, -0.15) is 0 Å². The third-order valence-electron chi connectivity index (χ3n) is 5.41. The molecule has 0 aromatic heterocycles. The number of amides is 1. The molecule has 0 saturated carbocycles. The maximum atomic E-state index is 14.8. The second-order valence-corrected chi connectivity index (χ2v) is 7.58. The van der Waals surface area contributed by atoms with Gasteiger partial charge in [0.25, 0.3) is 5.91 Å². The van der Waals surface area contributed by atoms with Gasteiger partial charge in [0.1, 0.15) is 5.82 Å². The van der Waals surface area contributed by atoms with E-state index in [1.54, 1.807) is 42.5 Å². The van der Waals surface area contributed by atoms with Gasteiger partial charge in [-0.15, -0.1) is 0 Å². The lowest BCUT2D eigenvalue weighted by molar-refractivity contribution is -0.0826. The highest BCUT2D eigenvalue weighted by Crippen LogP contribution is 2.40. The quantitative estimate of drug-likeness (QED) is 0.654. The highest BCUT2D eigenvalue weighted by molar-refractivity contribution is 7.80. The highest BCUT2D eigenvalue weighted by atomic mass is 32.1. The number of carbonyl (C=O) groups excluding carboxylic acids is 1. The van der Waals surface area contributed by atoms with Crippen molar-refractivity contribution in [2.45, 2.75) is 31.4 Å². The number of hydrogen-bond donors (Lipinski definition) is 3. The predicted octanol–water partition coefficient (Wildman–Crippen LogP) is 3.13. The summed E-state index contributed by atoms with van der Waals surface area (Å²) in [5.74, 6) is -1.19. The van der Waals surface area contributed by atoms with Gasteiger partial charge in [-0.05, 0) is 36.8 Å². The zero-order valence-corrected chi connectivity index (χ0v) is 17.0. The van der Waals surface area contributed by atoms with Crippen LogP contribution in [-0.4, -0.2) is 35.4 Å². The molecule has 0 bridgehead atoms. The molecule has 154 valence electrons. The number of aliphatic hydroxyl groups excluding tert-OH is 1. The van der Waals surface area contributed by atoms with Gasteiger partial charge >= 0.3 is 0 Å². The van der Waals surface area contributed by atoms with Crippen molar-refractivity contribution in [1.29, 1.82) is 0 Å². The Hall–Kier alpha value is -2.35. The molecular weight excluding hydrogens is 391 g/mol. The Balaban J connectivity index is 1.92. The number of rotatable bonds is 5. The molecule has 1 aliphatic rings. The molecule has 5 nitrogen and oxygen atoms in total. The molecule has 3 atom stereocenters. The van der Waals surface area contributed by atoms with Crippen molar-refractivity contribution in [2.75, 3.05) is 13.2 Å². The summed E-state index contributed by atoms with van der Waals surface area (Å²) in [7, 11) is 0. The van der Waals surface area contributed by atoms with Crippen molar-refractivity contribution in [2.24, 2.45) is 5.92 Å². The zero-order chi connectivity index (χ0) is 20.9. The van der Waals surface area contributed by atoms with Gasteiger partial charge in [0.05, 0.1) is 24.9 Å². The van der Waals surface area contributed by atoms with E-state index in [1.807, 2.05) is 13.0 Å². The van der Waals surface area contributed by atoms with E-state index in [4.69, 9.17) is 17.0 Å². The fourth-order valence-corrected chi connectivity index (χ4v) is 4.10. The fraction of sp³-hybridized carbons (Fsp3) is 0.364. The number of thiocarbonyl (C=S) groups is 1. The summed E-state index contributed by atoms with van der Waals surface area (Å²) in [5, 5.41) is 16.0. The molecule has 1 aliphatic heterocycles. The summed E-state index contributed by atoms with van der Waals surface area (Å²) in [4.78, 5) is 12.5. The first-order valence-corrected chi connectivity index (χ1v) is 10.1. The highest BCUT2D eigenvalue weighted by Gasteiger charge is 2.47. The Morgan fingerprint density at radius 3 is 2.59 bits per heavy atom. The fourth-order valence-electron chi connectivity index (χ4n) is 3.82. The summed E-state index contributed by atoms with van der Waals surface area (Å²) in [5.41, 5.74) is -0.133. The SMILES string of the molecule is CC[C@H]1C[C@@](NC(=S)NC(=O)c2ccccc2)(c2ccccc2F)[C@H](CO)CO1. The summed E-state index contributed by atoms with van der Waals surface area (Å²) in [6.45, 7) is 2.03. The maximum Gasteiger partial charge on any atom is 0.257 e. The zero-order valence-electron chi connectivity index (χ0n) is 16.2. The van der Waals surface area contributed by atoms with Crippen molar-refractivity contribution >= 4 is 23.2 Å². The van der Waals surface area contributed by atoms with Crippen LogP contribution < -0.4 is 10.6 Å². The standard InChI is InChI=1S/C22H25FN2O3S/c1-2-17-12-22(16(13-26)14-28-17,18-10-6-7-11-19(18)23)25-21(29)24-20(27)15-8-4-3-5-9-15/h3-11,16-17,26H,2,12-14H2,1H3,(H2,24,25,27,29)/t16-,17+,22+/m1/s1. The van der Waals surface area contributed by atoms with Gasteiger partial charge in [-0.1, -0.05) is 43.3 Å². The molecule has 2 aromatic rings. The molecule has 0 unspecified atom stereocenters. The van der Waals surface area contributed by atoms with Crippen molar-refractivity contribution in [3.8, 4) is 0 Å². The smallest absolute Gasteiger partial charge is 0.257 e. The van der Waals surface area contributed by atoms with Crippen LogP contribution in [0.15, 0.2) is 54.6 Å². The van der Waals surface area contributed by atoms with E-state index in [2.05, 4.69) is 10.6 Å². The molecule has 7 heteroatoms. The van der Waals surface area contributed by atoms with Gasteiger partial charge in [0.2, 0.25) is 0 Å². The minimum Gasteiger partial charge on any atom is -0.396 e. The van der Waals surface area contributed by atoms with Gasteiger partial charge in [-0.3, -0.25) is 10.1 Å². The molecule has 1 fully saturated rings. The summed E-state index contributed by atoms with van der Waals surface area (Å²) >= 11 is 5.41. The molecular formula is C22H25FN2O3S. The molecule has 3 N–H and O–H groups in total. The Labute approximate surface area is 175 Å². The first-order chi connectivity index (χ1) is 14.0. The van der Waals surface area contributed by atoms with Crippen LogP contribution in [0.25, 0.3) is 0 Å². The summed E-state index contributed by atoms with van der Waals surface area (Å²) in [6, 6.07) is 15.1. The van der Waals surface area contributed by atoms with E-state index < -0.39 is 17.3 Å². The van der Waals surface area contributed by atoms with Crippen LogP contribution in [0.4, 0.5) is 4.39 Å². The Kier molecular flexibility index (Phi) is 6.95. The number of ether oxygens (including phenoxy) is 1. The second-order valence-electron chi connectivity index (χ2n) is 7.17. The first-order valence-electron chi connectivity index (χ1n) is 9.66.